The molecule has 1 aromatic carbocycles. The number of nitrogens with one attached hydrogen (secondary N) is 1. The molecular formula is C30H32N6OS. The number of nitrogens with two attached hydrogens (primary N) is 1. The Bertz CT molecular complexity index is 1520. The number of rotatable bonds is 6. The molecule has 1 aliphatic heterocycles. The molecule has 1 atom stereocenters. The van der Waals surface area contributed by atoms with Crippen LogP contribution in [0.2, 0.25) is 0 Å². The lowest BCUT2D eigenvalue weighted by Crippen LogP contribution is -2.48. The van der Waals surface area contributed by atoms with Gasteiger partial charge in [-0.3, -0.25) is 9.78 Å². The predicted molar refractivity (Wildman–Crippen MR) is 153 cm³/mol. The summed E-state index contributed by atoms with van der Waals surface area (Å²) in [6, 6.07) is 18.2. The summed E-state index contributed by atoms with van der Waals surface area (Å²) < 4.78 is 0. The van der Waals surface area contributed by atoms with Crippen LogP contribution in [-0.2, 0) is 6.54 Å². The average Bonchev–Trinajstić information content (AvgIpc) is 3.73. The molecule has 194 valence electrons. The van der Waals surface area contributed by atoms with Gasteiger partial charge < -0.3 is 16.0 Å². The first-order valence-corrected chi connectivity index (χ1v) is 14.3. The van der Waals surface area contributed by atoms with E-state index in [1.165, 1.54) is 18.4 Å². The number of hydrogen-bond acceptors (Lipinski definition) is 7. The molecule has 3 N–H and O–H groups in total. The topological polar surface area (TPSA) is 97.0 Å². The number of thioether (sulfide) groups is 1. The second-order valence-electron chi connectivity index (χ2n) is 10.5. The van der Waals surface area contributed by atoms with Gasteiger partial charge in [-0.2, -0.15) is 0 Å². The molecule has 2 aliphatic rings. The minimum absolute atomic E-state index is 0.114. The van der Waals surface area contributed by atoms with Crippen LogP contribution in [0.1, 0.15) is 40.9 Å². The molecule has 7 nitrogen and oxygen atoms in total. The first kappa shape index (κ1) is 24.8. The molecule has 4 heterocycles. The van der Waals surface area contributed by atoms with Crippen molar-refractivity contribution in [2.75, 3.05) is 24.2 Å². The van der Waals surface area contributed by atoms with Crippen molar-refractivity contribution < 1.29 is 4.79 Å². The molecule has 38 heavy (non-hydrogen) atoms. The SMILES string of the molecule is CSc1cc(C(=O)NCc2cc3nc(-c4cccc(N5CCC(N)C6(CC6)C5)n4)ccc3cn2)ccc1C. The molecule has 6 rings (SSSR count). The third-order valence-electron chi connectivity index (χ3n) is 7.95. The summed E-state index contributed by atoms with van der Waals surface area (Å²) in [6.45, 7) is 4.30. The fraction of sp³-hybridized carbons (Fsp3) is 0.333. The Labute approximate surface area is 227 Å². The third-order valence-corrected chi connectivity index (χ3v) is 8.83. The second kappa shape index (κ2) is 10.0. The summed E-state index contributed by atoms with van der Waals surface area (Å²) in [6.07, 6.45) is 7.27. The first-order valence-electron chi connectivity index (χ1n) is 13.1. The van der Waals surface area contributed by atoms with Crippen molar-refractivity contribution in [1.82, 2.24) is 20.3 Å². The summed E-state index contributed by atoms with van der Waals surface area (Å²) in [5.41, 5.74) is 11.8. The number of fused-ring (bicyclic) bond motifs is 1. The van der Waals surface area contributed by atoms with Crippen LogP contribution in [0.15, 0.2) is 65.7 Å². The average molecular weight is 525 g/mol. The minimum Gasteiger partial charge on any atom is -0.356 e. The van der Waals surface area contributed by atoms with Crippen molar-refractivity contribution >= 4 is 34.4 Å². The zero-order valence-electron chi connectivity index (χ0n) is 21.8. The standard InChI is InChI=1S/C30H32N6OS/c1-19-6-7-20(14-26(19)38-2)29(37)33-17-22-15-25-21(16-32-22)8-9-24(34-25)23-4-3-5-28(35-23)36-13-10-27(31)30(18-36)11-12-30/h3-9,14-16,27H,10-13,17-18,31H2,1-2H3,(H,33,37). The molecule has 3 aromatic heterocycles. The molecule has 2 fully saturated rings. The smallest absolute Gasteiger partial charge is 0.251 e. The quantitative estimate of drug-likeness (QED) is 0.344. The van der Waals surface area contributed by atoms with Gasteiger partial charge in [-0.25, -0.2) is 9.97 Å². The summed E-state index contributed by atoms with van der Waals surface area (Å²) in [7, 11) is 0. The lowest BCUT2D eigenvalue weighted by Gasteiger charge is -2.38. The highest BCUT2D eigenvalue weighted by Gasteiger charge is 2.51. The van der Waals surface area contributed by atoms with Crippen LogP contribution in [0.3, 0.4) is 0 Å². The van der Waals surface area contributed by atoms with Crippen molar-refractivity contribution in [2.45, 2.75) is 43.7 Å². The number of aromatic nitrogens is 3. The fourth-order valence-electron chi connectivity index (χ4n) is 5.34. The van der Waals surface area contributed by atoms with Gasteiger partial charge in [-0.1, -0.05) is 12.1 Å². The van der Waals surface area contributed by atoms with E-state index in [4.69, 9.17) is 15.7 Å². The van der Waals surface area contributed by atoms with Gasteiger partial charge in [0, 0.05) is 46.6 Å². The van der Waals surface area contributed by atoms with E-state index in [9.17, 15) is 4.79 Å². The minimum atomic E-state index is -0.114. The molecule has 0 bridgehead atoms. The van der Waals surface area contributed by atoms with Crippen molar-refractivity contribution in [3.8, 4) is 11.4 Å². The number of carbonyl (C=O) groups excluding carboxylic acids is 1. The van der Waals surface area contributed by atoms with E-state index in [0.717, 1.165) is 58.2 Å². The van der Waals surface area contributed by atoms with Gasteiger partial charge in [0.05, 0.1) is 29.1 Å². The molecule has 1 amide bonds. The zero-order chi connectivity index (χ0) is 26.3. The molecule has 4 aromatic rings. The van der Waals surface area contributed by atoms with Gasteiger partial charge in [0.15, 0.2) is 0 Å². The van der Waals surface area contributed by atoms with Crippen LogP contribution in [0.5, 0.6) is 0 Å². The van der Waals surface area contributed by atoms with Crippen LogP contribution in [0.25, 0.3) is 22.3 Å². The van der Waals surface area contributed by atoms with Gasteiger partial charge in [0.2, 0.25) is 0 Å². The lowest BCUT2D eigenvalue weighted by atomic mass is 9.90. The largest absolute Gasteiger partial charge is 0.356 e. The summed E-state index contributed by atoms with van der Waals surface area (Å²) in [4.78, 5) is 30.6. The molecule has 1 aliphatic carbocycles. The van der Waals surface area contributed by atoms with Gasteiger partial charge in [0.25, 0.3) is 5.91 Å². The number of amides is 1. The van der Waals surface area contributed by atoms with Crippen molar-refractivity contribution in [3.63, 3.8) is 0 Å². The van der Waals surface area contributed by atoms with E-state index < -0.39 is 0 Å². The maximum absolute atomic E-state index is 12.7. The van der Waals surface area contributed by atoms with E-state index in [-0.39, 0.29) is 11.3 Å². The zero-order valence-corrected chi connectivity index (χ0v) is 22.6. The van der Waals surface area contributed by atoms with E-state index in [1.54, 1.807) is 18.0 Å². The number of nitrogens with zero attached hydrogens (tertiary/aromatic N) is 4. The number of aryl methyl sites for hydroxylation is 1. The number of piperidine rings is 1. The molecule has 0 radical (unpaired) electrons. The van der Waals surface area contributed by atoms with Crippen LogP contribution in [0.4, 0.5) is 5.82 Å². The highest BCUT2D eigenvalue weighted by atomic mass is 32.2. The first-order chi connectivity index (χ1) is 18.4. The number of pyridine rings is 3. The van der Waals surface area contributed by atoms with Crippen molar-refractivity contribution in [1.29, 1.82) is 0 Å². The number of carbonyl (C=O) groups is 1. The molecule has 1 saturated heterocycles. The Morgan fingerprint density at radius 3 is 2.79 bits per heavy atom. The molecule has 8 heteroatoms. The summed E-state index contributed by atoms with van der Waals surface area (Å²) >= 11 is 1.64. The van der Waals surface area contributed by atoms with Crippen LogP contribution < -0.4 is 16.0 Å². The van der Waals surface area contributed by atoms with Crippen molar-refractivity contribution in [3.05, 3.63) is 77.6 Å². The molecule has 1 saturated carbocycles. The summed E-state index contributed by atoms with van der Waals surface area (Å²) in [5, 5.41) is 3.94. The third kappa shape index (κ3) is 4.86. The van der Waals surface area contributed by atoms with Crippen LogP contribution in [0, 0.1) is 12.3 Å². The Morgan fingerprint density at radius 2 is 1.97 bits per heavy atom. The molecule has 1 unspecified atom stereocenters. The van der Waals surface area contributed by atoms with Crippen LogP contribution in [-0.4, -0.2) is 46.2 Å². The number of benzene rings is 1. The fourth-order valence-corrected chi connectivity index (χ4v) is 5.97. The summed E-state index contributed by atoms with van der Waals surface area (Å²) in [5.74, 6) is 0.873. The predicted octanol–water partition coefficient (Wildman–Crippen LogP) is 4.97. The monoisotopic (exact) mass is 524 g/mol. The Balaban J connectivity index is 1.19. The maximum Gasteiger partial charge on any atom is 0.251 e. The normalized spacial score (nSPS) is 18.1. The van der Waals surface area contributed by atoms with E-state index in [0.29, 0.717) is 18.2 Å². The number of anilines is 1. The second-order valence-corrected chi connectivity index (χ2v) is 11.3. The Hall–Kier alpha value is -3.49. The highest BCUT2D eigenvalue weighted by Crippen LogP contribution is 2.51. The Morgan fingerprint density at radius 1 is 1.13 bits per heavy atom. The van der Waals surface area contributed by atoms with E-state index in [2.05, 4.69) is 27.3 Å². The number of hydrogen-bond donors (Lipinski definition) is 2. The van der Waals surface area contributed by atoms with E-state index >= 15 is 0 Å². The van der Waals surface area contributed by atoms with Gasteiger partial charge in [-0.15, -0.1) is 11.8 Å². The van der Waals surface area contributed by atoms with Gasteiger partial charge in [0.1, 0.15) is 5.82 Å². The Kier molecular flexibility index (Phi) is 6.53. The molecule has 1 spiro atoms. The highest BCUT2D eigenvalue weighted by molar-refractivity contribution is 7.98. The van der Waals surface area contributed by atoms with Crippen molar-refractivity contribution in [2.24, 2.45) is 11.1 Å². The van der Waals surface area contributed by atoms with E-state index in [1.807, 2.05) is 55.6 Å². The van der Waals surface area contributed by atoms with Crippen LogP contribution >= 0.6 is 11.8 Å². The lowest BCUT2D eigenvalue weighted by molar-refractivity contribution is 0.0950. The maximum atomic E-state index is 12.7. The van der Waals surface area contributed by atoms with Gasteiger partial charge in [-0.05, 0) is 80.5 Å². The van der Waals surface area contributed by atoms with Gasteiger partial charge >= 0.3 is 0 Å². The molecular weight excluding hydrogens is 492 g/mol.